The van der Waals surface area contributed by atoms with Crippen molar-refractivity contribution in [3.63, 3.8) is 0 Å². The first kappa shape index (κ1) is 11.6. The van der Waals surface area contributed by atoms with Crippen molar-refractivity contribution in [2.75, 3.05) is 34.0 Å². The molecule has 0 aliphatic carbocycles. The molecular formula is C5H16N2O2. The van der Waals surface area contributed by atoms with Gasteiger partial charge < -0.3 is 20.8 Å². The van der Waals surface area contributed by atoms with Gasteiger partial charge in [-0.25, -0.2) is 0 Å². The molecule has 0 saturated carbocycles. The first-order chi connectivity index (χ1) is 4.50. The topological polar surface area (TPSA) is 64.5 Å². The van der Waals surface area contributed by atoms with Crippen LogP contribution in [0.3, 0.4) is 0 Å². The van der Waals surface area contributed by atoms with E-state index in [1.807, 2.05) is 0 Å². The second-order valence-corrected chi connectivity index (χ2v) is 1.18. The Morgan fingerprint density at radius 3 is 1.33 bits per heavy atom. The Morgan fingerprint density at radius 2 is 1.22 bits per heavy atom. The number of hydrogen-bond donors (Lipinski definition) is 4. The van der Waals surface area contributed by atoms with Gasteiger partial charge in [0.1, 0.15) is 0 Å². The van der Waals surface area contributed by atoms with Crippen LogP contribution in [0.15, 0.2) is 0 Å². The summed E-state index contributed by atoms with van der Waals surface area (Å²) in [6, 6.07) is 0. The minimum atomic E-state index is 1.00. The molecular weight excluding hydrogens is 120 g/mol. The normalized spacial score (nSPS) is 14.7. The van der Waals surface area contributed by atoms with Gasteiger partial charge in [-0.15, -0.1) is 0 Å². The maximum Gasteiger partial charge on any atom is 0.0455 e. The lowest BCUT2D eigenvalue weighted by atomic mass is 10.7. The molecule has 1 aliphatic rings. The first-order valence-corrected chi connectivity index (χ1v) is 2.81. The van der Waals surface area contributed by atoms with E-state index in [-0.39, 0.29) is 0 Å². The summed E-state index contributed by atoms with van der Waals surface area (Å²) in [6.07, 6.45) is 0. The molecule has 0 radical (unpaired) electrons. The summed E-state index contributed by atoms with van der Waals surface area (Å²) in [6.45, 7) is 3.28. The first-order valence-electron chi connectivity index (χ1n) is 2.81. The standard InChI is InChI=1S/C3H8N2.2CH4O/c1-2-5-3-4-1;2*1-2/h4-5H,1-3H2;2*2H,1H3. The third-order valence-corrected chi connectivity index (χ3v) is 0.729. The molecule has 0 amide bonds. The average Bonchev–Trinajstić information content (AvgIpc) is 2.51. The Kier molecular flexibility index (Phi) is 20.2. The van der Waals surface area contributed by atoms with Crippen molar-refractivity contribution in [1.29, 1.82) is 0 Å². The fourth-order valence-electron chi connectivity index (χ4n) is 0.442. The lowest BCUT2D eigenvalue weighted by Gasteiger charge is -1.77. The smallest absolute Gasteiger partial charge is 0.0455 e. The third-order valence-electron chi connectivity index (χ3n) is 0.729. The molecule has 4 nitrogen and oxygen atoms in total. The zero-order valence-electron chi connectivity index (χ0n) is 6.02. The Balaban J connectivity index is 0. The minimum Gasteiger partial charge on any atom is -0.400 e. The second kappa shape index (κ2) is 15.7. The molecule has 4 N–H and O–H groups in total. The van der Waals surface area contributed by atoms with Crippen molar-refractivity contribution in [3.05, 3.63) is 0 Å². The quantitative estimate of drug-likeness (QED) is 0.322. The predicted octanol–water partition coefficient (Wildman–Crippen LogP) is -1.65. The summed E-state index contributed by atoms with van der Waals surface area (Å²) >= 11 is 0. The summed E-state index contributed by atoms with van der Waals surface area (Å²) < 4.78 is 0. The molecule has 1 rings (SSSR count). The van der Waals surface area contributed by atoms with Crippen molar-refractivity contribution in [2.24, 2.45) is 0 Å². The van der Waals surface area contributed by atoms with Gasteiger partial charge in [0.2, 0.25) is 0 Å². The summed E-state index contributed by atoms with van der Waals surface area (Å²) in [7, 11) is 2.00. The van der Waals surface area contributed by atoms with E-state index in [1.165, 1.54) is 0 Å². The van der Waals surface area contributed by atoms with Crippen LogP contribution in [0, 0.1) is 0 Å². The molecule has 58 valence electrons. The van der Waals surface area contributed by atoms with Crippen LogP contribution >= 0.6 is 0 Å². The molecule has 1 fully saturated rings. The molecule has 0 aromatic rings. The highest BCUT2D eigenvalue weighted by atomic mass is 16.2. The van der Waals surface area contributed by atoms with Crippen LogP contribution in [-0.4, -0.2) is 44.2 Å². The monoisotopic (exact) mass is 136 g/mol. The number of hydrogen-bond acceptors (Lipinski definition) is 4. The van der Waals surface area contributed by atoms with Gasteiger partial charge in [-0.3, -0.25) is 0 Å². The third kappa shape index (κ3) is 11.4. The lowest BCUT2D eigenvalue weighted by Crippen LogP contribution is -2.11. The zero-order valence-corrected chi connectivity index (χ0v) is 6.02. The van der Waals surface area contributed by atoms with Gasteiger partial charge in [0.05, 0.1) is 0 Å². The predicted molar refractivity (Wildman–Crippen MR) is 37.2 cm³/mol. The van der Waals surface area contributed by atoms with E-state index >= 15 is 0 Å². The molecule has 1 aliphatic heterocycles. The highest BCUT2D eigenvalue weighted by Gasteiger charge is 1.90. The molecule has 9 heavy (non-hydrogen) atoms. The van der Waals surface area contributed by atoms with Crippen LogP contribution in [0.25, 0.3) is 0 Å². The van der Waals surface area contributed by atoms with Gasteiger partial charge in [-0.1, -0.05) is 0 Å². The molecule has 0 aromatic heterocycles. The molecule has 0 atom stereocenters. The SMILES string of the molecule is C1CNCN1.CO.CO. The van der Waals surface area contributed by atoms with E-state index in [0.29, 0.717) is 0 Å². The van der Waals surface area contributed by atoms with Gasteiger partial charge in [0.25, 0.3) is 0 Å². The minimum absolute atomic E-state index is 1.00. The van der Waals surface area contributed by atoms with Gasteiger partial charge in [0.15, 0.2) is 0 Å². The van der Waals surface area contributed by atoms with Crippen molar-refractivity contribution in [3.8, 4) is 0 Å². The van der Waals surface area contributed by atoms with E-state index in [0.717, 1.165) is 34.0 Å². The van der Waals surface area contributed by atoms with Gasteiger partial charge in [-0.05, 0) is 0 Å². The van der Waals surface area contributed by atoms with E-state index in [1.54, 1.807) is 0 Å². The molecule has 0 unspecified atom stereocenters. The van der Waals surface area contributed by atoms with Crippen LogP contribution < -0.4 is 10.6 Å². The number of rotatable bonds is 0. The van der Waals surface area contributed by atoms with Crippen LogP contribution in [0.1, 0.15) is 0 Å². The average molecular weight is 136 g/mol. The van der Waals surface area contributed by atoms with E-state index in [2.05, 4.69) is 10.6 Å². The van der Waals surface area contributed by atoms with E-state index in [9.17, 15) is 0 Å². The van der Waals surface area contributed by atoms with E-state index in [4.69, 9.17) is 10.2 Å². The Hall–Kier alpha value is -0.160. The lowest BCUT2D eigenvalue weighted by molar-refractivity contribution is 0.399. The van der Waals surface area contributed by atoms with Crippen molar-refractivity contribution in [2.45, 2.75) is 0 Å². The van der Waals surface area contributed by atoms with Gasteiger partial charge in [0, 0.05) is 34.0 Å². The van der Waals surface area contributed by atoms with Crippen LogP contribution in [-0.2, 0) is 0 Å². The Labute approximate surface area is 55.9 Å². The fourth-order valence-corrected chi connectivity index (χ4v) is 0.442. The van der Waals surface area contributed by atoms with Crippen LogP contribution in [0.4, 0.5) is 0 Å². The molecule has 0 spiro atoms. The number of aliphatic hydroxyl groups is 2. The van der Waals surface area contributed by atoms with Crippen LogP contribution in [0.5, 0.6) is 0 Å². The maximum atomic E-state index is 7.00. The summed E-state index contributed by atoms with van der Waals surface area (Å²) in [5.74, 6) is 0. The molecule has 4 heteroatoms. The fraction of sp³-hybridized carbons (Fsp3) is 1.00. The molecule has 0 aromatic carbocycles. The van der Waals surface area contributed by atoms with E-state index < -0.39 is 0 Å². The summed E-state index contributed by atoms with van der Waals surface area (Å²) in [5, 5.41) is 20.2. The largest absolute Gasteiger partial charge is 0.400 e. The summed E-state index contributed by atoms with van der Waals surface area (Å²) in [4.78, 5) is 0. The molecule has 1 heterocycles. The Bertz CT molecular complexity index is 24.5. The van der Waals surface area contributed by atoms with Crippen molar-refractivity contribution in [1.82, 2.24) is 10.6 Å². The Morgan fingerprint density at radius 1 is 0.889 bits per heavy atom. The van der Waals surface area contributed by atoms with Crippen LogP contribution in [0.2, 0.25) is 0 Å². The number of aliphatic hydroxyl groups excluding tert-OH is 2. The maximum absolute atomic E-state index is 7.00. The molecule has 1 saturated heterocycles. The number of nitrogens with one attached hydrogen (secondary N) is 2. The highest BCUT2D eigenvalue weighted by molar-refractivity contribution is 4.55. The second-order valence-electron chi connectivity index (χ2n) is 1.18. The molecule has 0 bridgehead atoms. The van der Waals surface area contributed by atoms with Gasteiger partial charge >= 0.3 is 0 Å². The van der Waals surface area contributed by atoms with Crippen molar-refractivity contribution < 1.29 is 10.2 Å². The zero-order chi connectivity index (χ0) is 7.54. The summed E-state index contributed by atoms with van der Waals surface area (Å²) in [5.41, 5.74) is 0. The van der Waals surface area contributed by atoms with Gasteiger partial charge in [-0.2, -0.15) is 0 Å². The van der Waals surface area contributed by atoms with Crippen molar-refractivity contribution >= 4 is 0 Å². The highest BCUT2D eigenvalue weighted by Crippen LogP contribution is 1.62.